The maximum atomic E-state index is 12.0. The van der Waals surface area contributed by atoms with Crippen molar-refractivity contribution in [1.82, 2.24) is 0 Å². The van der Waals surface area contributed by atoms with Crippen LogP contribution >= 0.6 is 11.6 Å². The van der Waals surface area contributed by atoms with E-state index in [0.29, 0.717) is 6.42 Å². The first-order valence-corrected chi connectivity index (χ1v) is 5.96. The number of alkyl halides is 1. The first-order valence-electron chi connectivity index (χ1n) is 5.53. The summed E-state index contributed by atoms with van der Waals surface area (Å²) in [6.45, 7) is 0. The standard InChI is InChI=1S/C15H13ClO/c16-15(13-9-5-2-6-10-13)14(17)11-12-7-3-1-4-8-12/h1-10,15H,11H2. The van der Waals surface area contributed by atoms with Crippen LogP contribution in [-0.2, 0) is 11.2 Å². The Morgan fingerprint density at radius 1 is 0.941 bits per heavy atom. The van der Waals surface area contributed by atoms with Gasteiger partial charge in [-0.05, 0) is 11.1 Å². The number of hydrogen-bond acceptors (Lipinski definition) is 1. The summed E-state index contributed by atoms with van der Waals surface area (Å²) in [6.07, 6.45) is 0.379. The summed E-state index contributed by atoms with van der Waals surface area (Å²) in [5.41, 5.74) is 1.86. The van der Waals surface area contributed by atoms with E-state index in [0.717, 1.165) is 11.1 Å². The minimum atomic E-state index is -0.559. The Hall–Kier alpha value is -1.60. The normalized spacial score (nSPS) is 12.1. The van der Waals surface area contributed by atoms with Crippen molar-refractivity contribution < 1.29 is 4.79 Å². The van der Waals surface area contributed by atoms with Crippen molar-refractivity contribution in [2.24, 2.45) is 0 Å². The van der Waals surface area contributed by atoms with Crippen molar-refractivity contribution >= 4 is 17.4 Å². The Morgan fingerprint density at radius 3 is 2.06 bits per heavy atom. The van der Waals surface area contributed by atoms with Gasteiger partial charge in [0, 0.05) is 6.42 Å². The Bertz CT molecular complexity index is 479. The molecule has 2 aromatic carbocycles. The lowest BCUT2D eigenvalue weighted by Crippen LogP contribution is -2.09. The smallest absolute Gasteiger partial charge is 0.159 e. The highest BCUT2D eigenvalue weighted by Crippen LogP contribution is 2.22. The number of hydrogen-bond donors (Lipinski definition) is 0. The molecule has 0 saturated carbocycles. The van der Waals surface area contributed by atoms with Gasteiger partial charge in [-0.25, -0.2) is 0 Å². The molecule has 86 valence electrons. The molecule has 0 N–H and O–H groups in total. The SMILES string of the molecule is O=C(Cc1ccccc1)C(Cl)c1ccccc1. The lowest BCUT2D eigenvalue weighted by atomic mass is 10.0. The van der Waals surface area contributed by atoms with Crippen LogP contribution in [0, 0.1) is 0 Å². The van der Waals surface area contributed by atoms with E-state index in [1.54, 1.807) is 0 Å². The molecule has 0 heterocycles. The quantitative estimate of drug-likeness (QED) is 0.748. The Morgan fingerprint density at radius 2 is 1.47 bits per heavy atom. The van der Waals surface area contributed by atoms with Gasteiger partial charge in [0.2, 0.25) is 0 Å². The highest BCUT2D eigenvalue weighted by molar-refractivity contribution is 6.31. The highest BCUT2D eigenvalue weighted by atomic mass is 35.5. The largest absolute Gasteiger partial charge is 0.297 e. The van der Waals surface area contributed by atoms with E-state index < -0.39 is 5.38 Å². The lowest BCUT2D eigenvalue weighted by Gasteiger charge is -2.08. The molecule has 0 bridgehead atoms. The van der Waals surface area contributed by atoms with Gasteiger partial charge >= 0.3 is 0 Å². The molecular weight excluding hydrogens is 232 g/mol. The fourth-order valence-corrected chi connectivity index (χ4v) is 1.92. The molecule has 2 heteroatoms. The van der Waals surface area contributed by atoms with Crippen molar-refractivity contribution in [3.63, 3.8) is 0 Å². The number of Topliss-reactive ketones (excluding diaryl/α,β-unsaturated/α-hetero) is 1. The third kappa shape index (κ3) is 3.18. The molecule has 1 atom stereocenters. The molecule has 0 aliphatic heterocycles. The Balaban J connectivity index is 2.06. The molecular formula is C15H13ClO. The van der Waals surface area contributed by atoms with E-state index in [9.17, 15) is 4.79 Å². The molecule has 0 radical (unpaired) electrons. The monoisotopic (exact) mass is 244 g/mol. The van der Waals surface area contributed by atoms with Crippen LogP contribution in [0.2, 0.25) is 0 Å². The summed E-state index contributed by atoms with van der Waals surface area (Å²) >= 11 is 6.16. The van der Waals surface area contributed by atoms with Gasteiger partial charge in [0.25, 0.3) is 0 Å². The third-order valence-electron chi connectivity index (χ3n) is 2.60. The summed E-state index contributed by atoms with van der Waals surface area (Å²) in [5.74, 6) is 0.0315. The molecule has 17 heavy (non-hydrogen) atoms. The number of rotatable bonds is 4. The average Bonchev–Trinajstić information content (AvgIpc) is 2.40. The van der Waals surface area contributed by atoms with E-state index >= 15 is 0 Å². The van der Waals surface area contributed by atoms with Crippen molar-refractivity contribution in [3.8, 4) is 0 Å². The van der Waals surface area contributed by atoms with Crippen molar-refractivity contribution in [2.75, 3.05) is 0 Å². The number of halogens is 1. The van der Waals surface area contributed by atoms with E-state index in [1.165, 1.54) is 0 Å². The second kappa shape index (κ2) is 5.65. The first kappa shape index (κ1) is 11.9. The van der Waals surface area contributed by atoms with Gasteiger partial charge in [-0.15, -0.1) is 11.6 Å². The zero-order valence-electron chi connectivity index (χ0n) is 9.34. The average molecular weight is 245 g/mol. The molecule has 0 amide bonds. The summed E-state index contributed by atoms with van der Waals surface area (Å²) in [7, 11) is 0. The van der Waals surface area contributed by atoms with Gasteiger partial charge in [-0.1, -0.05) is 60.7 Å². The van der Waals surface area contributed by atoms with Gasteiger partial charge in [0.05, 0.1) is 0 Å². The summed E-state index contributed by atoms with van der Waals surface area (Å²) in [4.78, 5) is 12.0. The van der Waals surface area contributed by atoms with E-state index in [2.05, 4.69) is 0 Å². The van der Waals surface area contributed by atoms with Crippen molar-refractivity contribution in [2.45, 2.75) is 11.8 Å². The van der Waals surface area contributed by atoms with Crippen LogP contribution < -0.4 is 0 Å². The minimum Gasteiger partial charge on any atom is -0.297 e. The van der Waals surface area contributed by atoms with Gasteiger partial charge in [0.15, 0.2) is 5.78 Å². The van der Waals surface area contributed by atoms with Crippen molar-refractivity contribution in [1.29, 1.82) is 0 Å². The van der Waals surface area contributed by atoms with Crippen LogP contribution in [0.1, 0.15) is 16.5 Å². The summed E-state index contributed by atoms with van der Waals surface area (Å²) < 4.78 is 0. The van der Waals surface area contributed by atoms with Crippen LogP contribution in [0.15, 0.2) is 60.7 Å². The third-order valence-corrected chi connectivity index (χ3v) is 3.09. The van der Waals surface area contributed by atoms with Gasteiger partial charge in [0.1, 0.15) is 5.38 Å². The van der Waals surface area contributed by atoms with Crippen LogP contribution in [0.5, 0.6) is 0 Å². The molecule has 0 spiro atoms. The van der Waals surface area contributed by atoms with Crippen LogP contribution in [0.3, 0.4) is 0 Å². The number of carbonyl (C=O) groups excluding carboxylic acids is 1. The fraction of sp³-hybridized carbons (Fsp3) is 0.133. The predicted octanol–water partition coefficient (Wildman–Crippen LogP) is 3.78. The summed E-state index contributed by atoms with van der Waals surface area (Å²) in [5, 5.41) is -0.559. The minimum absolute atomic E-state index is 0.0315. The Kier molecular flexibility index (Phi) is 3.94. The molecule has 1 nitrogen and oxygen atoms in total. The van der Waals surface area contributed by atoms with E-state index in [4.69, 9.17) is 11.6 Å². The van der Waals surface area contributed by atoms with Gasteiger partial charge in [-0.3, -0.25) is 4.79 Å². The predicted molar refractivity (Wildman–Crippen MR) is 70.2 cm³/mol. The molecule has 0 aliphatic carbocycles. The van der Waals surface area contributed by atoms with E-state index in [1.807, 2.05) is 60.7 Å². The molecule has 0 fully saturated rings. The molecule has 0 aromatic heterocycles. The molecule has 0 aliphatic rings. The lowest BCUT2D eigenvalue weighted by molar-refractivity contribution is -0.118. The second-order valence-electron chi connectivity index (χ2n) is 3.90. The molecule has 2 aromatic rings. The topological polar surface area (TPSA) is 17.1 Å². The van der Waals surface area contributed by atoms with Crippen LogP contribution in [-0.4, -0.2) is 5.78 Å². The maximum Gasteiger partial charge on any atom is 0.159 e. The van der Waals surface area contributed by atoms with Gasteiger partial charge < -0.3 is 0 Å². The molecule has 1 unspecified atom stereocenters. The first-order chi connectivity index (χ1) is 8.27. The highest BCUT2D eigenvalue weighted by Gasteiger charge is 2.17. The summed E-state index contributed by atoms with van der Waals surface area (Å²) in [6, 6.07) is 19.1. The zero-order chi connectivity index (χ0) is 12.1. The van der Waals surface area contributed by atoms with Crippen LogP contribution in [0.25, 0.3) is 0 Å². The molecule has 0 saturated heterocycles. The van der Waals surface area contributed by atoms with Crippen LogP contribution in [0.4, 0.5) is 0 Å². The zero-order valence-corrected chi connectivity index (χ0v) is 10.1. The number of ketones is 1. The maximum absolute atomic E-state index is 12.0. The Labute approximate surface area is 106 Å². The number of benzene rings is 2. The fourth-order valence-electron chi connectivity index (χ4n) is 1.69. The number of carbonyl (C=O) groups is 1. The molecule has 2 rings (SSSR count). The second-order valence-corrected chi connectivity index (χ2v) is 4.34. The van der Waals surface area contributed by atoms with Crippen molar-refractivity contribution in [3.05, 3.63) is 71.8 Å². The van der Waals surface area contributed by atoms with Gasteiger partial charge in [-0.2, -0.15) is 0 Å². The van der Waals surface area contributed by atoms with E-state index in [-0.39, 0.29) is 5.78 Å².